The molecule has 6 nitrogen and oxygen atoms in total. The molecule has 1 aromatic heterocycles. The lowest BCUT2D eigenvalue weighted by molar-refractivity contribution is -0.119. The van der Waals surface area contributed by atoms with Crippen molar-refractivity contribution in [2.75, 3.05) is 5.75 Å². The zero-order valence-electron chi connectivity index (χ0n) is 17.1. The smallest absolute Gasteiger partial charge is 0.321 e. The minimum Gasteiger partial charge on any atom is -0.332 e. The third-order valence-electron chi connectivity index (χ3n) is 6.66. The van der Waals surface area contributed by atoms with Crippen molar-refractivity contribution in [2.24, 2.45) is 17.8 Å². The quantitative estimate of drug-likeness (QED) is 0.717. The van der Waals surface area contributed by atoms with Gasteiger partial charge in [0, 0.05) is 23.4 Å². The van der Waals surface area contributed by atoms with E-state index in [-0.39, 0.29) is 23.9 Å². The Morgan fingerprint density at radius 2 is 1.83 bits per heavy atom. The molecule has 4 bridgehead atoms. The van der Waals surface area contributed by atoms with E-state index in [0.717, 1.165) is 48.3 Å². The first kappa shape index (κ1) is 20.2. The number of carbonyl (C=O) groups is 2. The number of nitrogens with one attached hydrogen (secondary N) is 2. The second kappa shape index (κ2) is 7.98. The van der Waals surface area contributed by atoms with E-state index < -0.39 is 0 Å². The number of hydrogen-bond donors (Lipinski definition) is 2. The van der Waals surface area contributed by atoms with Crippen molar-refractivity contribution in [1.29, 1.82) is 5.26 Å². The molecule has 0 atom stereocenters. The molecule has 1 heterocycles. The number of aryl methyl sites for hydroxylation is 2. The van der Waals surface area contributed by atoms with Gasteiger partial charge in [-0.25, -0.2) is 9.78 Å². The van der Waals surface area contributed by atoms with Crippen molar-refractivity contribution >= 4 is 23.7 Å². The second-order valence-electron chi connectivity index (χ2n) is 9.17. The number of nitrogens with zero attached hydrogens (tertiary/aromatic N) is 2. The summed E-state index contributed by atoms with van der Waals surface area (Å²) in [5.74, 6) is 2.42. The molecule has 0 unspecified atom stereocenters. The SMILES string of the molecule is Cc1cc(C)c(C#N)c(SCCC(=O)NC(=O)NC23CC4CC(CC(C4)C2)C3)n1. The average molecular weight is 413 g/mol. The number of amides is 3. The van der Waals surface area contributed by atoms with Gasteiger partial charge in [0.2, 0.25) is 5.91 Å². The number of imide groups is 1. The number of aromatic nitrogens is 1. The van der Waals surface area contributed by atoms with E-state index >= 15 is 0 Å². The molecule has 0 saturated heterocycles. The highest BCUT2D eigenvalue weighted by Gasteiger charge is 2.51. The maximum atomic E-state index is 12.5. The number of carbonyl (C=O) groups excluding carboxylic acids is 2. The van der Waals surface area contributed by atoms with Crippen LogP contribution in [0, 0.1) is 42.9 Å². The normalized spacial score (nSPS) is 29.3. The van der Waals surface area contributed by atoms with Crippen molar-refractivity contribution < 1.29 is 9.59 Å². The standard InChI is InChI=1S/C22H28N4O2S/c1-13-5-14(2)24-20(18(13)12-23)29-4-3-19(27)25-21(28)26-22-9-15-6-16(10-22)8-17(7-15)11-22/h5,15-17H,3-4,6-11H2,1-2H3,(H2,25,26,27,28). The van der Waals surface area contributed by atoms with Crippen LogP contribution in [-0.4, -0.2) is 28.2 Å². The van der Waals surface area contributed by atoms with Gasteiger partial charge < -0.3 is 5.32 Å². The first-order valence-corrected chi connectivity index (χ1v) is 11.5. The molecule has 1 aromatic rings. The number of rotatable bonds is 5. The fourth-order valence-electron chi connectivity index (χ4n) is 6.01. The molecular formula is C22H28N4O2S. The predicted molar refractivity (Wildman–Crippen MR) is 111 cm³/mol. The Bertz CT molecular complexity index is 841. The summed E-state index contributed by atoms with van der Waals surface area (Å²) in [7, 11) is 0. The topological polar surface area (TPSA) is 94.9 Å². The van der Waals surface area contributed by atoms with Crippen LogP contribution in [0.25, 0.3) is 0 Å². The largest absolute Gasteiger partial charge is 0.332 e. The summed E-state index contributed by atoms with van der Waals surface area (Å²) in [6.07, 6.45) is 7.34. The Morgan fingerprint density at radius 3 is 2.41 bits per heavy atom. The first-order chi connectivity index (χ1) is 13.9. The molecule has 3 amide bonds. The first-order valence-electron chi connectivity index (χ1n) is 10.5. The minimum atomic E-state index is -0.357. The molecule has 4 fully saturated rings. The van der Waals surface area contributed by atoms with Gasteiger partial charge in [-0.05, 0) is 81.8 Å². The summed E-state index contributed by atoms with van der Waals surface area (Å²) in [5, 5.41) is 15.6. The van der Waals surface area contributed by atoms with E-state index in [1.807, 2.05) is 19.9 Å². The zero-order chi connectivity index (χ0) is 20.6. The Morgan fingerprint density at radius 1 is 1.21 bits per heavy atom. The van der Waals surface area contributed by atoms with Crippen LogP contribution in [0.1, 0.15) is 61.8 Å². The summed E-state index contributed by atoms with van der Waals surface area (Å²) in [4.78, 5) is 29.1. The number of thioether (sulfide) groups is 1. The molecular weight excluding hydrogens is 384 g/mol. The summed E-state index contributed by atoms with van der Waals surface area (Å²) in [6, 6.07) is 3.71. The van der Waals surface area contributed by atoms with E-state index in [9.17, 15) is 14.9 Å². The maximum absolute atomic E-state index is 12.5. The van der Waals surface area contributed by atoms with Crippen LogP contribution < -0.4 is 10.6 Å². The number of hydrogen-bond acceptors (Lipinski definition) is 5. The van der Waals surface area contributed by atoms with E-state index in [4.69, 9.17) is 0 Å². The van der Waals surface area contributed by atoms with Crippen molar-refractivity contribution in [1.82, 2.24) is 15.6 Å². The third-order valence-corrected chi connectivity index (χ3v) is 7.64. The fraction of sp³-hybridized carbons (Fsp3) is 0.636. The monoisotopic (exact) mass is 412 g/mol. The van der Waals surface area contributed by atoms with Gasteiger partial charge in [0.25, 0.3) is 0 Å². The van der Waals surface area contributed by atoms with Gasteiger partial charge in [0.15, 0.2) is 0 Å². The van der Waals surface area contributed by atoms with Crippen LogP contribution in [0.2, 0.25) is 0 Å². The number of nitriles is 1. The molecule has 4 aliphatic carbocycles. The van der Waals surface area contributed by atoms with Crippen molar-refractivity contribution in [3.8, 4) is 6.07 Å². The second-order valence-corrected chi connectivity index (χ2v) is 10.3. The molecule has 4 saturated carbocycles. The van der Waals surface area contributed by atoms with Gasteiger partial charge in [-0.2, -0.15) is 5.26 Å². The number of urea groups is 1. The lowest BCUT2D eigenvalue weighted by Gasteiger charge is -2.56. The van der Waals surface area contributed by atoms with E-state index in [1.54, 1.807) is 0 Å². The van der Waals surface area contributed by atoms with Crippen molar-refractivity contribution in [3.63, 3.8) is 0 Å². The lowest BCUT2D eigenvalue weighted by Crippen LogP contribution is -2.61. The predicted octanol–water partition coefficient (Wildman–Crippen LogP) is 3.85. The Balaban J connectivity index is 1.26. The molecule has 0 aromatic carbocycles. The van der Waals surface area contributed by atoms with Crippen LogP contribution in [0.15, 0.2) is 11.1 Å². The highest BCUT2D eigenvalue weighted by atomic mass is 32.2. The van der Waals surface area contributed by atoms with Crippen LogP contribution in [0.3, 0.4) is 0 Å². The van der Waals surface area contributed by atoms with Gasteiger partial charge in [0.1, 0.15) is 11.1 Å². The molecule has 29 heavy (non-hydrogen) atoms. The molecule has 0 radical (unpaired) electrons. The van der Waals surface area contributed by atoms with Crippen LogP contribution in [0.4, 0.5) is 4.79 Å². The van der Waals surface area contributed by atoms with Crippen LogP contribution in [0.5, 0.6) is 0 Å². The Kier molecular flexibility index (Phi) is 5.56. The summed E-state index contributed by atoms with van der Waals surface area (Å²) in [5.41, 5.74) is 2.20. The highest BCUT2D eigenvalue weighted by molar-refractivity contribution is 7.99. The van der Waals surface area contributed by atoms with Gasteiger partial charge in [-0.3, -0.25) is 10.1 Å². The minimum absolute atomic E-state index is 0.0986. The molecule has 7 heteroatoms. The van der Waals surface area contributed by atoms with Crippen molar-refractivity contribution in [3.05, 3.63) is 22.9 Å². The Hall–Kier alpha value is -2.07. The van der Waals surface area contributed by atoms with Gasteiger partial charge >= 0.3 is 6.03 Å². The molecule has 0 aliphatic heterocycles. The Labute approximate surface area is 176 Å². The molecule has 2 N–H and O–H groups in total. The molecule has 4 aliphatic rings. The van der Waals surface area contributed by atoms with Gasteiger partial charge in [0.05, 0.1) is 5.56 Å². The van der Waals surface area contributed by atoms with Crippen molar-refractivity contribution in [2.45, 2.75) is 69.4 Å². The zero-order valence-corrected chi connectivity index (χ0v) is 17.9. The molecule has 5 rings (SSSR count). The lowest BCUT2D eigenvalue weighted by atomic mass is 9.53. The maximum Gasteiger partial charge on any atom is 0.321 e. The van der Waals surface area contributed by atoms with E-state index in [1.165, 1.54) is 31.0 Å². The van der Waals surface area contributed by atoms with Crippen LogP contribution >= 0.6 is 11.8 Å². The van der Waals surface area contributed by atoms with Gasteiger partial charge in [-0.15, -0.1) is 11.8 Å². The summed E-state index contributed by atoms with van der Waals surface area (Å²) in [6.45, 7) is 3.78. The average Bonchev–Trinajstić information content (AvgIpc) is 2.59. The fourth-order valence-corrected chi connectivity index (χ4v) is 7.05. The molecule has 0 spiro atoms. The summed E-state index contributed by atoms with van der Waals surface area (Å²) < 4.78 is 0. The van der Waals surface area contributed by atoms with Crippen LogP contribution in [-0.2, 0) is 4.79 Å². The summed E-state index contributed by atoms with van der Waals surface area (Å²) >= 11 is 1.38. The number of pyridine rings is 1. The molecule has 154 valence electrons. The third kappa shape index (κ3) is 4.42. The van der Waals surface area contributed by atoms with E-state index in [0.29, 0.717) is 16.3 Å². The van der Waals surface area contributed by atoms with Gasteiger partial charge in [-0.1, -0.05) is 0 Å². The van der Waals surface area contributed by atoms with E-state index in [2.05, 4.69) is 21.7 Å². The highest BCUT2D eigenvalue weighted by Crippen LogP contribution is 2.55.